The molecule has 5 heteroatoms. The number of amides is 1. The molecular weight excluding hydrogens is 232 g/mol. The lowest BCUT2D eigenvalue weighted by Gasteiger charge is -2.29. The minimum Gasteiger partial charge on any atom is -0.481 e. The van der Waals surface area contributed by atoms with Crippen LogP contribution in [0.2, 0.25) is 0 Å². The van der Waals surface area contributed by atoms with E-state index in [9.17, 15) is 9.59 Å². The van der Waals surface area contributed by atoms with E-state index in [1.807, 2.05) is 18.7 Å². The second kappa shape index (κ2) is 6.05. The molecule has 0 bridgehead atoms. The van der Waals surface area contributed by atoms with Crippen molar-refractivity contribution in [2.24, 2.45) is 5.73 Å². The average Bonchev–Trinajstić information content (AvgIpc) is 2.28. The van der Waals surface area contributed by atoms with Crippen molar-refractivity contribution in [1.29, 1.82) is 0 Å². The van der Waals surface area contributed by atoms with Crippen LogP contribution in [0, 0.1) is 0 Å². The number of carbonyl (C=O) groups excluding carboxylic acids is 1. The number of para-hydroxylation sites is 1. The van der Waals surface area contributed by atoms with Crippen molar-refractivity contribution >= 4 is 17.6 Å². The Morgan fingerprint density at radius 1 is 1.33 bits per heavy atom. The number of benzene rings is 1. The van der Waals surface area contributed by atoms with E-state index in [-0.39, 0.29) is 12.5 Å². The van der Waals surface area contributed by atoms with E-state index >= 15 is 0 Å². The van der Waals surface area contributed by atoms with Gasteiger partial charge >= 0.3 is 5.97 Å². The minimum absolute atomic E-state index is 0.0191. The zero-order valence-corrected chi connectivity index (χ0v) is 10.6. The van der Waals surface area contributed by atoms with Gasteiger partial charge in [0, 0.05) is 18.3 Å². The monoisotopic (exact) mass is 250 g/mol. The predicted octanol–water partition coefficient (Wildman–Crippen LogP) is 1.47. The summed E-state index contributed by atoms with van der Waals surface area (Å²) in [5.41, 5.74) is 6.42. The van der Waals surface area contributed by atoms with Gasteiger partial charge < -0.3 is 15.7 Å². The molecule has 0 aliphatic heterocycles. The van der Waals surface area contributed by atoms with Gasteiger partial charge in [0.05, 0.1) is 12.0 Å². The first kappa shape index (κ1) is 14.0. The zero-order chi connectivity index (χ0) is 13.7. The summed E-state index contributed by atoms with van der Waals surface area (Å²) in [7, 11) is 0. The van der Waals surface area contributed by atoms with Crippen molar-refractivity contribution in [3.05, 3.63) is 29.8 Å². The van der Waals surface area contributed by atoms with Crippen molar-refractivity contribution in [1.82, 2.24) is 0 Å². The molecule has 1 aromatic carbocycles. The Morgan fingerprint density at radius 3 is 2.44 bits per heavy atom. The van der Waals surface area contributed by atoms with E-state index in [0.717, 1.165) is 0 Å². The van der Waals surface area contributed by atoms with Gasteiger partial charge in [-0.25, -0.2) is 0 Å². The Kier molecular flexibility index (Phi) is 4.71. The maximum Gasteiger partial charge on any atom is 0.305 e. The van der Waals surface area contributed by atoms with Gasteiger partial charge in [-0.15, -0.1) is 0 Å². The van der Waals surface area contributed by atoms with E-state index in [4.69, 9.17) is 10.8 Å². The Morgan fingerprint density at radius 2 is 1.94 bits per heavy atom. The fraction of sp³-hybridized carbons (Fsp3) is 0.385. The number of anilines is 1. The quantitative estimate of drug-likeness (QED) is 0.801. The summed E-state index contributed by atoms with van der Waals surface area (Å²) in [5.74, 6) is -1.37. The lowest BCUT2D eigenvalue weighted by molar-refractivity contribution is -0.136. The van der Waals surface area contributed by atoms with Crippen LogP contribution in [0.25, 0.3) is 0 Å². The summed E-state index contributed by atoms with van der Waals surface area (Å²) in [5, 5.41) is 8.75. The molecule has 1 aromatic rings. The van der Waals surface area contributed by atoms with Crippen LogP contribution in [0.5, 0.6) is 0 Å². The van der Waals surface area contributed by atoms with Crippen LogP contribution in [0.15, 0.2) is 24.3 Å². The molecule has 0 unspecified atom stereocenters. The van der Waals surface area contributed by atoms with Crippen LogP contribution in [-0.4, -0.2) is 29.6 Å². The second-order valence-corrected chi connectivity index (χ2v) is 4.31. The van der Waals surface area contributed by atoms with Crippen LogP contribution in [0.1, 0.15) is 30.6 Å². The van der Waals surface area contributed by atoms with E-state index in [1.54, 1.807) is 24.3 Å². The smallest absolute Gasteiger partial charge is 0.305 e. The molecule has 18 heavy (non-hydrogen) atoms. The van der Waals surface area contributed by atoms with Gasteiger partial charge in [-0.3, -0.25) is 9.59 Å². The Labute approximate surface area is 106 Å². The second-order valence-electron chi connectivity index (χ2n) is 4.31. The number of hydrogen-bond acceptors (Lipinski definition) is 3. The van der Waals surface area contributed by atoms with Gasteiger partial charge in [-0.1, -0.05) is 12.1 Å². The number of carboxylic acid groups (broad SMARTS) is 1. The maximum absolute atomic E-state index is 11.4. The zero-order valence-electron chi connectivity index (χ0n) is 10.6. The molecular formula is C13H18N2O3. The molecule has 1 amide bonds. The van der Waals surface area contributed by atoms with Crippen LogP contribution in [-0.2, 0) is 4.79 Å². The molecule has 0 aromatic heterocycles. The highest BCUT2D eigenvalue weighted by molar-refractivity contribution is 5.98. The van der Waals surface area contributed by atoms with E-state index < -0.39 is 11.9 Å². The summed E-state index contributed by atoms with van der Waals surface area (Å²) in [6, 6.07) is 7.05. The maximum atomic E-state index is 11.4. The van der Waals surface area contributed by atoms with E-state index in [2.05, 4.69) is 0 Å². The van der Waals surface area contributed by atoms with Gasteiger partial charge in [0.2, 0.25) is 0 Å². The van der Waals surface area contributed by atoms with Crippen LogP contribution in [0.3, 0.4) is 0 Å². The van der Waals surface area contributed by atoms with Crippen LogP contribution < -0.4 is 10.6 Å². The average molecular weight is 250 g/mol. The van der Waals surface area contributed by atoms with Crippen LogP contribution >= 0.6 is 0 Å². The van der Waals surface area contributed by atoms with Crippen molar-refractivity contribution in [2.75, 3.05) is 11.4 Å². The molecule has 0 atom stereocenters. The van der Waals surface area contributed by atoms with E-state index in [1.165, 1.54) is 0 Å². The fourth-order valence-corrected chi connectivity index (χ4v) is 1.81. The summed E-state index contributed by atoms with van der Waals surface area (Å²) in [6.07, 6.45) is 0.0191. The van der Waals surface area contributed by atoms with Gasteiger partial charge in [-0.2, -0.15) is 0 Å². The highest BCUT2D eigenvalue weighted by Gasteiger charge is 2.17. The van der Waals surface area contributed by atoms with Gasteiger partial charge in [-0.05, 0) is 26.0 Å². The Balaban J connectivity index is 3.05. The first-order valence-electron chi connectivity index (χ1n) is 5.80. The normalized spacial score (nSPS) is 10.4. The largest absolute Gasteiger partial charge is 0.481 e. The number of carboxylic acids is 1. The first-order valence-corrected chi connectivity index (χ1v) is 5.80. The van der Waals surface area contributed by atoms with Gasteiger partial charge in [0.15, 0.2) is 0 Å². The number of carbonyl (C=O) groups is 2. The molecule has 3 N–H and O–H groups in total. The number of nitrogens with zero attached hydrogens (tertiary/aromatic N) is 1. The third-order valence-electron chi connectivity index (χ3n) is 2.67. The molecule has 5 nitrogen and oxygen atoms in total. The molecule has 0 spiro atoms. The number of nitrogens with two attached hydrogens (primary N) is 1. The Bertz CT molecular complexity index is 444. The molecule has 0 heterocycles. The van der Waals surface area contributed by atoms with Crippen molar-refractivity contribution in [3.8, 4) is 0 Å². The fourth-order valence-electron chi connectivity index (χ4n) is 1.81. The molecule has 0 aliphatic rings. The summed E-state index contributed by atoms with van der Waals surface area (Å²) in [6.45, 7) is 4.23. The minimum atomic E-state index is -0.864. The summed E-state index contributed by atoms with van der Waals surface area (Å²) >= 11 is 0. The topological polar surface area (TPSA) is 83.6 Å². The van der Waals surface area contributed by atoms with E-state index in [0.29, 0.717) is 17.8 Å². The lowest BCUT2D eigenvalue weighted by Crippen LogP contribution is -2.34. The van der Waals surface area contributed by atoms with Gasteiger partial charge in [0.25, 0.3) is 5.91 Å². The molecule has 0 aliphatic carbocycles. The third kappa shape index (κ3) is 3.48. The van der Waals surface area contributed by atoms with Crippen molar-refractivity contribution < 1.29 is 14.7 Å². The molecule has 0 saturated carbocycles. The molecule has 0 saturated heterocycles. The number of rotatable bonds is 6. The predicted molar refractivity (Wildman–Crippen MR) is 69.7 cm³/mol. The number of aliphatic carboxylic acids is 1. The highest BCUT2D eigenvalue weighted by Crippen LogP contribution is 2.22. The molecule has 1 rings (SSSR count). The number of hydrogen-bond donors (Lipinski definition) is 2. The van der Waals surface area contributed by atoms with Crippen LogP contribution in [0.4, 0.5) is 5.69 Å². The standard InChI is InChI=1S/C13H18N2O3/c1-9(2)15(8-7-12(16)17)11-6-4-3-5-10(11)13(14)18/h3-6,9H,7-8H2,1-2H3,(H2,14,18)(H,16,17). The first-order chi connectivity index (χ1) is 8.43. The Hall–Kier alpha value is -2.04. The third-order valence-corrected chi connectivity index (χ3v) is 2.67. The van der Waals surface area contributed by atoms with Gasteiger partial charge in [0.1, 0.15) is 0 Å². The molecule has 0 fully saturated rings. The molecule has 0 radical (unpaired) electrons. The number of primary amides is 1. The summed E-state index contributed by atoms with van der Waals surface area (Å²) in [4.78, 5) is 23.9. The summed E-state index contributed by atoms with van der Waals surface area (Å²) < 4.78 is 0. The SMILES string of the molecule is CC(C)N(CCC(=O)O)c1ccccc1C(N)=O. The highest BCUT2D eigenvalue weighted by atomic mass is 16.4. The molecule has 98 valence electrons. The van der Waals surface area contributed by atoms with Crippen molar-refractivity contribution in [3.63, 3.8) is 0 Å². The lowest BCUT2D eigenvalue weighted by atomic mass is 10.1. The van der Waals surface area contributed by atoms with Crippen molar-refractivity contribution in [2.45, 2.75) is 26.3 Å².